The molecule has 7 aliphatic rings. The highest BCUT2D eigenvalue weighted by molar-refractivity contribution is 8.02. The molecule has 390 valence electrons. The van der Waals surface area contributed by atoms with Crippen LogP contribution in [0.5, 0.6) is 23.0 Å². The number of rotatable bonds is 19. The van der Waals surface area contributed by atoms with E-state index in [-0.39, 0.29) is 101 Å². The molecule has 0 bridgehead atoms. The number of ether oxygens (including phenoxy) is 6. The van der Waals surface area contributed by atoms with Crippen molar-refractivity contribution < 1.29 is 70.8 Å². The van der Waals surface area contributed by atoms with Crippen molar-refractivity contribution in [3.05, 3.63) is 178 Å². The van der Waals surface area contributed by atoms with E-state index >= 15 is 8.78 Å². The number of allylic oxidation sites excluding steroid dienone is 4. The molecule has 76 heavy (non-hydrogen) atoms. The summed E-state index contributed by atoms with van der Waals surface area (Å²) in [4.78, 5) is 93.2. The van der Waals surface area contributed by atoms with Crippen molar-refractivity contribution >= 4 is 77.3 Å². The summed E-state index contributed by atoms with van der Waals surface area (Å²) in [5.41, 5.74) is 0.447. The Balaban J connectivity index is 0.884. The number of β-lactam (4-membered cyclic amide) rings is 2. The number of benzene rings is 3. The van der Waals surface area contributed by atoms with Gasteiger partial charge in [-0.25, -0.2) is 23.2 Å². The van der Waals surface area contributed by atoms with Crippen LogP contribution in [0.2, 0.25) is 0 Å². The van der Waals surface area contributed by atoms with E-state index in [1.165, 1.54) is 69.8 Å². The lowest BCUT2D eigenvalue weighted by molar-refractivity contribution is -0.152. The fraction of sp³-hybridized carbons (Fsp3) is 0.241. The summed E-state index contributed by atoms with van der Waals surface area (Å²) in [6, 6.07) is 9.52. The molecule has 2 fully saturated rings. The van der Waals surface area contributed by atoms with Gasteiger partial charge in [0.25, 0.3) is 11.8 Å². The van der Waals surface area contributed by atoms with Crippen molar-refractivity contribution in [3.63, 3.8) is 0 Å². The largest absolute Gasteiger partial charge is 0.486 e. The minimum Gasteiger partial charge on any atom is -0.486 e. The highest BCUT2D eigenvalue weighted by Crippen LogP contribution is 2.58. The van der Waals surface area contributed by atoms with Gasteiger partial charge in [-0.2, -0.15) is 0 Å². The number of nitrogens with zero attached hydrogens (tertiary/aromatic N) is 2. The molecule has 17 nitrogen and oxygen atoms in total. The molecular formula is C54H44F2N4O13S3. The highest BCUT2D eigenvalue weighted by Gasteiger charge is 2.57. The molecular weight excluding hydrogens is 1050 g/mol. The smallest absolute Gasteiger partial charge is 0.355 e. The summed E-state index contributed by atoms with van der Waals surface area (Å²) < 4.78 is 67.5. The molecule has 0 aromatic heterocycles. The Morgan fingerprint density at radius 2 is 1.33 bits per heavy atom. The van der Waals surface area contributed by atoms with Gasteiger partial charge in [0.2, 0.25) is 12.3 Å². The molecule has 10 rings (SSSR count). The predicted octanol–water partition coefficient (Wildman–Crippen LogP) is 6.38. The number of amides is 4. The summed E-state index contributed by atoms with van der Waals surface area (Å²) in [5.74, 6) is -4.67. The van der Waals surface area contributed by atoms with Crippen molar-refractivity contribution in [2.45, 2.75) is 34.9 Å². The lowest BCUT2D eigenvalue weighted by Gasteiger charge is -2.49. The van der Waals surface area contributed by atoms with Crippen LogP contribution in [0.3, 0.4) is 0 Å². The minimum absolute atomic E-state index is 0.00360. The summed E-state index contributed by atoms with van der Waals surface area (Å²) in [6.45, 7) is 6.45. The summed E-state index contributed by atoms with van der Waals surface area (Å²) in [6.07, 6.45) is 13.2. The topological polar surface area (TPSA) is 205 Å². The van der Waals surface area contributed by atoms with Crippen LogP contribution in [0.1, 0.15) is 33.5 Å². The molecule has 5 unspecified atom stereocenters. The van der Waals surface area contributed by atoms with Crippen molar-refractivity contribution in [1.29, 1.82) is 0 Å². The minimum atomic E-state index is -1.87. The number of thioether (sulfide) groups is 3. The molecule has 3 aromatic rings. The number of esters is 3. The van der Waals surface area contributed by atoms with E-state index < -0.39 is 69.8 Å². The third-order valence-corrected chi connectivity index (χ3v) is 16.4. The number of hydrogen-bond acceptors (Lipinski definition) is 16. The molecule has 4 amide bonds. The Bertz CT molecular complexity index is 3230. The first-order valence-electron chi connectivity index (χ1n) is 23.5. The maximum Gasteiger partial charge on any atom is 0.355 e. The average Bonchev–Trinajstić information content (AvgIpc) is 3.77. The molecule has 0 saturated carbocycles. The number of fused-ring (bicyclic) bond motifs is 8. The van der Waals surface area contributed by atoms with Gasteiger partial charge >= 0.3 is 17.9 Å². The first-order valence-corrected chi connectivity index (χ1v) is 26.7. The fourth-order valence-electron chi connectivity index (χ4n) is 9.54. The molecule has 0 aliphatic carbocycles. The van der Waals surface area contributed by atoms with Crippen molar-refractivity contribution in [2.24, 2.45) is 0 Å². The molecule has 2 N–H and O–H groups in total. The van der Waals surface area contributed by atoms with Crippen LogP contribution in [0.4, 0.5) is 8.78 Å². The van der Waals surface area contributed by atoms with Crippen molar-refractivity contribution in [3.8, 4) is 23.0 Å². The van der Waals surface area contributed by atoms with E-state index in [1.54, 1.807) is 48.2 Å². The number of carbonyl (C=O) groups excluding carboxylic acids is 7. The average molecular weight is 1090 g/mol. The van der Waals surface area contributed by atoms with Crippen molar-refractivity contribution in [2.75, 3.05) is 43.7 Å². The zero-order valence-corrected chi connectivity index (χ0v) is 42.4. The van der Waals surface area contributed by atoms with Gasteiger partial charge < -0.3 is 39.1 Å². The molecule has 1 spiro atoms. The number of halogens is 2. The van der Waals surface area contributed by atoms with Crippen LogP contribution < -0.4 is 24.8 Å². The van der Waals surface area contributed by atoms with Gasteiger partial charge in [-0.3, -0.25) is 29.0 Å². The molecule has 7 aliphatic heterocycles. The van der Waals surface area contributed by atoms with Gasteiger partial charge in [-0.1, -0.05) is 73.4 Å². The molecule has 7 heterocycles. The van der Waals surface area contributed by atoms with E-state index in [0.29, 0.717) is 28.9 Å². The molecule has 22 heteroatoms. The zero-order valence-electron chi connectivity index (χ0n) is 40.0. The quantitative estimate of drug-likeness (QED) is 0.0440. The van der Waals surface area contributed by atoms with Crippen LogP contribution in [0.25, 0.3) is 0 Å². The van der Waals surface area contributed by atoms with E-state index in [1.807, 2.05) is 17.6 Å². The number of nitrogens with one attached hydrogen (secondary N) is 2. The number of hydrogen-bond donors (Lipinski definition) is 2. The highest BCUT2D eigenvalue weighted by atomic mass is 32.2. The monoisotopic (exact) mass is 1090 g/mol. The van der Waals surface area contributed by atoms with Gasteiger partial charge in [0.1, 0.15) is 72.2 Å². The van der Waals surface area contributed by atoms with Crippen LogP contribution in [-0.2, 0) is 48.6 Å². The molecule has 2 saturated heterocycles. The Labute approximate surface area is 445 Å². The predicted molar refractivity (Wildman–Crippen MR) is 276 cm³/mol. The Kier molecular flexibility index (Phi) is 14.8. The van der Waals surface area contributed by atoms with E-state index in [2.05, 4.69) is 23.8 Å². The van der Waals surface area contributed by atoms with E-state index in [4.69, 9.17) is 28.4 Å². The normalized spacial score (nSPS) is 22.7. The van der Waals surface area contributed by atoms with Gasteiger partial charge in [0.05, 0.1) is 16.7 Å². The van der Waals surface area contributed by atoms with Gasteiger partial charge in [-0.05, 0) is 46.9 Å². The second kappa shape index (κ2) is 21.8. The number of carbonyl (C=O) groups is 7. The Morgan fingerprint density at radius 1 is 0.763 bits per heavy atom. The lowest BCUT2D eigenvalue weighted by Crippen LogP contribution is -2.70. The lowest BCUT2D eigenvalue weighted by atomic mass is 9.77. The van der Waals surface area contributed by atoms with E-state index in [0.717, 1.165) is 17.7 Å². The maximum absolute atomic E-state index is 16.3. The Morgan fingerprint density at radius 3 is 1.88 bits per heavy atom. The van der Waals surface area contributed by atoms with Crippen LogP contribution in [-0.4, -0.2) is 118 Å². The van der Waals surface area contributed by atoms with Crippen LogP contribution >= 0.6 is 35.3 Å². The maximum atomic E-state index is 16.3. The SMILES string of the molecule is C=CCOC(=O)C1=C(/C=C/COc2cc3c(cc2F)C2(OC(=O)c4ccccc42)c2cc(F)c(OC/C=C/C4=C(C(=O)OCC=C)N5C(=O)C(NC(=O)CC6=CC=CSC6)C5SC4)cc2O3)CSC2C(NC=O)C(=O)N12. The zero-order chi connectivity index (χ0) is 53.3. The van der Waals surface area contributed by atoms with Gasteiger partial charge in [0, 0.05) is 41.4 Å². The van der Waals surface area contributed by atoms with E-state index in [9.17, 15) is 33.6 Å². The van der Waals surface area contributed by atoms with Crippen molar-refractivity contribution in [1.82, 2.24) is 20.4 Å². The van der Waals surface area contributed by atoms with Gasteiger partial charge in [0.15, 0.2) is 28.7 Å². The molecule has 5 atom stereocenters. The standard InChI is InChI=1S/C54H44F2N4O13S3/c1-3-15-70-52(66)45-30(26-75-49-43(57-28-61)47(63)59(45)49)11-7-17-68-40-23-38-34(21-36(40)55)54(33-14-6-5-13-32(33)51(65)73-54)35-22-37(56)41(24-39(35)72-38)69-18-8-12-31-27-76-50-44(58-42(62)20-29-10-9-19-74-25-29)48(64)60(50)46(31)53(67)71-16-4-2/h3-14,19,21-24,28,43-44,49-50H,1-2,15-18,20,25-27H2,(H,57,61)(H,58,62)/b11-7+,12-8+. The summed E-state index contributed by atoms with van der Waals surface area (Å²) in [7, 11) is 0. The summed E-state index contributed by atoms with van der Waals surface area (Å²) in [5, 5.41) is 6.14. The second-order valence-electron chi connectivity index (χ2n) is 17.5. The second-order valence-corrected chi connectivity index (χ2v) is 20.6. The first-order chi connectivity index (χ1) is 36.9. The van der Waals surface area contributed by atoms with Gasteiger partial charge in [-0.15, -0.1) is 35.3 Å². The van der Waals surface area contributed by atoms with Crippen LogP contribution in [0.15, 0.2) is 144 Å². The fourth-order valence-corrected chi connectivity index (χ4v) is 12.9. The first kappa shape index (κ1) is 51.7. The van der Waals surface area contributed by atoms with Crippen LogP contribution in [0, 0.1) is 11.6 Å². The molecule has 3 aromatic carbocycles. The Hall–Kier alpha value is -7.82. The third kappa shape index (κ3) is 9.37. The summed E-state index contributed by atoms with van der Waals surface area (Å²) >= 11 is 4.24. The molecule has 0 radical (unpaired) electrons. The third-order valence-electron chi connectivity index (χ3n) is 12.9.